The average molecular weight is 463 g/mol. The summed E-state index contributed by atoms with van der Waals surface area (Å²) in [7, 11) is -2.75. The summed E-state index contributed by atoms with van der Waals surface area (Å²) in [4.78, 5) is 24.5. The van der Waals surface area contributed by atoms with Gasteiger partial charge in [-0.15, -0.1) is 11.3 Å². The van der Waals surface area contributed by atoms with Crippen LogP contribution in [0, 0.1) is 5.82 Å². The molecule has 1 amide bonds. The highest BCUT2D eigenvalue weighted by Gasteiger charge is 2.28. The van der Waals surface area contributed by atoms with Crippen LogP contribution in [-0.4, -0.2) is 33.9 Å². The van der Waals surface area contributed by atoms with Crippen molar-refractivity contribution in [1.29, 1.82) is 0 Å². The molecule has 1 aromatic heterocycles. The summed E-state index contributed by atoms with van der Waals surface area (Å²) < 4.78 is 45.2. The number of thiophene rings is 1. The van der Waals surface area contributed by atoms with E-state index in [4.69, 9.17) is 4.74 Å². The molecule has 0 fully saturated rings. The molecule has 0 unspecified atom stereocenters. The first kappa shape index (κ1) is 22.4. The lowest BCUT2D eigenvalue weighted by atomic mass is 10.2. The summed E-state index contributed by atoms with van der Waals surface area (Å²) in [6, 6.07) is 12.5. The van der Waals surface area contributed by atoms with Crippen molar-refractivity contribution in [2.75, 3.05) is 23.3 Å². The van der Waals surface area contributed by atoms with Gasteiger partial charge < -0.3 is 10.1 Å². The molecule has 0 aliphatic carbocycles. The Bertz CT molecular complexity index is 1210. The van der Waals surface area contributed by atoms with Crippen LogP contribution in [0.5, 0.6) is 0 Å². The first-order valence-electron chi connectivity index (χ1n) is 9.14. The molecule has 0 aliphatic rings. The maximum Gasteiger partial charge on any atom is 0.338 e. The van der Waals surface area contributed by atoms with Crippen molar-refractivity contribution in [1.82, 2.24) is 0 Å². The van der Waals surface area contributed by atoms with E-state index < -0.39 is 27.7 Å². The Morgan fingerprint density at radius 3 is 2.52 bits per heavy atom. The molecule has 0 saturated heterocycles. The molecule has 0 spiro atoms. The van der Waals surface area contributed by atoms with Gasteiger partial charge in [0.1, 0.15) is 15.6 Å². The molecule has 1 heterocycles. The van der Waals surface area contributed by atoms with Gasteiger partial charge >= 0.3 is 5.97 Å². The van der Waals surface area contributed by atoms with Crippen LogP contribution in [0.25, 0.3) is 0 Å². The largest absolute Gasteiger partial charge is 0.462 e. The maximum atomic E-state index is 13.2. The molecule has 0 atom stereocenters. The quantitative estimate of drug-likeness (QED) is 0.533. The smallest absolute Gasteiger partial charge is 0.338 e. The van der Waals surface area contributed by atoms with Gasteiger partial charge in [-0.2, -0.15) is 0 Å². The summed E-state index contributed by atoms with van der Waals surface area (Å²) in [6.07, 6.45) is 0. The number of hydrogen-bond acceptors (Lipinski definition) is 6. The SMILES string of the molecule is CCOC(=O)c1cccc(NC(=O)c2sccc2S(=O)(=O)N(C)c2ccc(F)cc2)c1. The lowest BCUT2D eigenvalue weighted by Crippen LogP contribution is -2.28. The fourth-order valence-electron chi connectivity index (χ4n) is 2.73. The van der Waals surface area contributed by atoms with E-state index in [1.807, 2.05) is 0 Å². The molecule has 162 valence electrons. The van der Waals surface area contributed by atoms with Crippen molar-refractivity contribution in [3.63, 3.8) is 0 Å². The van der Waals surface area contributed by atoms with Crippen molar-refractivity contribution in [2.45, 2.75) is 11.8 Å². The number of carbonyl (C=O) groups excluding carboxylic acids is 2. The van der Waals surface area contributed by atoms with Gasteiger partial charge in [0, 0.05) is 12.7 Å². The van der Waals surface area contributed by atoms with Crippen molar-refractivity contribution < 1.29 is 27.1 Å². The predicted molar refractivity (Wildman–Crippen MR) is 117 cm³/mol. The molecule has 0 radical (unpaired) electrons. The number of amides is 1. The molecule has 7 nitrogen and oxygen atoms in total. The van der Waals surface area contributed by atoms with E-state index in [1.54, 1.807) is 25.1 Å². The first-order chi connectivity index (χ1) is 14.7. The standard InChI is InChI=1S/C21H19FN2O5S2/c1-3-29-21(26)14-5-4-6-16(13-14)23-20(25)19-18(11-12-30-19)31(27,28)24(2)17-9-7-15(22)8-10-17/h4-13H,3H2,1-2H3,(H,23,25). The highest BCUT2D eigenvalue weighted by molar-refractivity contribution is 7.93. The molecule has 2 aromatic carbocycles. The van der Waals surface area contributed by atoms with Crippen LogP contribution in [0.3, 0.4) is 0 Å². The van der Waals surface area contributed by atoms with E-state index >= 15 is 0 Å². The number of anilines is 2. The highest BCUT2D eigenvalue weighted by atomic mass is 32.2. The number of sulfonamides is 1. The molecule has 10 heteroatoms. The Hall–Kier alpha value is -3.24. The van der Waals surface area contributed by atoms with Gasteiger partial charge in [-0.3, -0.25) is 9.10 Å². The van der Waals surface area contributed by atoms with E-state index in [0.717, 1.165) is 27.8 Å². The predicted octanol–water partition coefficient (Wildman–Crippen LogP) is 4.14. The summed E-state index contributed by atoms with van der Waals surface area (Å²) in [5.74, 6) is -1.66. The van der Waals surface area contributed by atoms with Crippen LogP contribution in [0.15, 0.2) is 64.9 Å². The summed E-state index contributed by atoms with van der Waals surface area (Å²) >= 11 is 0.968. The molecule has 1 N–H and O–H groups in total. The summed E-state index contributed by atoms with van der Waals surface area (Å²) in [6.45, 7) is 1.90. The highest BCUT2D eigenvalue weighted by Crippen LogP contribution is 2.29. The van der Waals surface area contributed by atoms with Crippen molar-refractivity contribution in [2.24, 2.45) is 0 Å². The van der Waals surface area contributed by atoms with Gasteiger partial charge in [-0.25, -0.2) is 17.6 Å². The van der Waals surface area contributed by atoms with E-state index in [0.29, 0.717) is 5.69 Å². The van der Waals surface area contributed by atoms with E-state index in [2.05, 4.69) is 5.32 Å². The molecule has 0 aliphatic heterocycles. The van der Waals surface area contributed by atoms with Gasteiger partial charge in [0.05, 0.1) is 17.9 Å². The number of ether oxygens (including phenoxy) is 1. The van der Waals surface area contributed by atoms with Gasteiger partial charge in [0.2, 0.25) is 0 Å². The van der Waals surface area contributed by atoms with Gasteiger partial charge in [-0.1, -0.05) is 6.07 Å². The Kier molecular flexibility index (Phi) is 6.71. The second kappa shape index (κ2) is 9.27. The number of nitrogens with one attached hydrogen (secondary N) is 1. The first-order valence-corrected chi connectivity index (χ1v) is 11.5. The zero-order valence-corrected chi connectivity index (χ0v) is 18.3. The normalized spacial score (nSPS) is 11.1. The monoisotopic (exact) mass is 462 g/mol. The van der Waals surface area contributed by atoms with Crippen molar-refractivity contribution in [3.05, 3.63) is 76.2 Å². The van der Waals surface area contributed by atoms with Gasteiger partial charge in [0.15, 0.2) is 0 Å². The fourth-order valence-corrected chi connectivity index (χ4v) is 5.22. The average Bonchev–Trinajstić information content (AvgIpc) is 3.25. The zero-order chi connectivity index (χ0) is 22.6. The second-order valence-electron chi connectivity index (χ2n) is 6.32. The number of halogens is 1. The topological polar surface area (TPSA) is 92.8 Å². The summed E-state index contributed by atoms with van der Waals surface area (Å²) in [5, 5.41) is 4.11. The third-order valence-corrected chi connectivity index (χ3v) is 7.17. The number of rotatable bonds is 7. The van der Waals surface area contributed by atoms with Crippen LogP contribution in [0.1, 0.15) is 27.0 Å². The molecular weight excluding hydrogens is 443 g/mol. The number of nitrogens with zero attached hydrogens (tertiary/aromatic N) is 1. The Morgan fingerprint density at radius 2 is 1.84 bits per heavy atom. The molecule has 0 bridgehead atoms. The van der Waals surface area contributed by atoms with E-state index in [-0.39, 0.29) is 27.6 Å². The third kappa shape index (κ3) is 4.92. The van der Waals surface area contributed by atoms with Gasteiger partial charge in [-0.05, 0) is 60.8 Å². The van der Waals surface area contributed by atoms with Gasteiger partial charge in [0.25, 0.3) is 15.9 Å². The van der Waals surface area contributed by atoms with E-state index in [9.17, 15) is 22.4 Å². The van der Waals surface area contributed by atoms with Crippen LogP contribution >= 0.6 is 11.3 Å². The lowest BCUT2D eigenvalue weighted by Gasteiger charge is -2.19. The zero-order valence-electron chi connectivity index (χ0n) is 16.7. The molecule has 3 aromatic rings. The van der Waals surface area contributed by atoms with Crippen LogP contribution in [0.4, 0.5) is 15.8 Å². The number of hydrogen-bond donors (Lipinski definition) is 1. The van der Waals surface area contributed by atoms with Crippen LogP contribution in [0.2, 0.25) is 0 Å². The third-order valence-electron chi connectivity index (χ3n) is 4.30. The Labute approximate surface area is 183 Å². The minimum absolute atomic E-state index is 0.0181. The van der Waals surface area contributed by atoms with Crippen LogP contribution in [-0.2, 0) is 14.8 Å². The lowest BCUT2D eigenvalue weighted by molar-refractivity contribution is 0.0526. The molecule has 31 heavy (non-hydrogen) atoms. The molecular formula is C21H19FN2O5S2. The minimum Gasteiger partial charge on any atom is -0.462 e. The maximum absolute atomic E-state index is 13.2. The molecule has 0 saturated carbocycles. The summed E-state index contributed by atoms with van der Waals surface area (Å²) in [5.41, 5.74) is 0.829. The number of esters is 1. The van der Waals surface area contributed by atoms with Crippen LogP contribution < -0.4 is 9.62 Å². The number of carbonyl (C=O) groups is 2. The van der Waals surface area contributed by atoms with Crippen molar-refractivity contribution in [3.8, 4) is 0 Å². The minimum atomic E-state index is -4.07. The van der Waals surface area contributed by atoms with Crippen molar-refractivity contribution >= 4 is 44.6 Å². The fraction of sp³-hybridized carbons (Fsp3) is 0.143. The Balaban J connectivity index is 1.85. The molecule has 3 rings (SSSR count). The Morgan fingerprint density at radius 1 is 1.13 bits per heavy atom. The second-order valence-corrected chi connectivity index (χ2v) is 9.17. The van der Waals surface area contributed by atoms with E-state index in [1.165, 1.54) is 36.7 Å². The number of benzene rings is 2.